The van der Waals surface area contributed by atoms with Crippen LogP contribution in [0.25, 0.3) is 0 Å². The van der Waals surface area contributed by atoms with Gasteiger partial charge in [-0.2, -0.15) is 5.10 Å². The lowest BCUT2D eigenvalue weighted by Gasteiger charge is -2.03. The average Bonchev–Trinajstić information content (AvgIpc) is 2.71. The number of hydrogen-bond acceptors (Lipinski definition) is 4. The van der Waals surface area contributed by atoms with Crippen LogP contribution >= 0.6 is 0 Å². The van der Waals surface area contributed by atoms with E-state index in [9.17, 15) is 4.79 Å². The van der Waals surface area contributed by atoms with Gasteiger partial charge >= 0.3 is 0 Å². The summed E-state index contributed by atoms with van der Waals surface area (Å²) in [5.74, 6) is -0.263. The van der Waals surface area contributed by atoms with E-state index in [4.69, 9.17) is 5.73 Å². The largest absolute Gasteiger partial charge is 0.395 e. The lowest BCUT2D eigenvalue weighted by molar-refractivity contribution is 0.0950. The third-order valence-electron chi connectivity index (χ3n) is 2.63. The van der Waals surface area contributed by atoms with Crippen molar-refractivity contribution in [2.24, 2.45) is 0 Å². The molecule has 0 aliphatic heterocycles. The molecule has 18 heavy (non-hydrogen) atoms. The summed E-state index contributed by atoms with van der Waals surface area (Å²) in [6, 6.07) is 3.83. The molecule has 0 unspecified atom stereocenters. The summed E-state index contributed by atoms with van der Waals surface area (Å²) < 4.78 is 0. The van der Waals surface area contributed by atoms with Gasteiger partial charge in [-0.05, 0) is 25.0 Å². The number of nitrogens with zero attached hydrogens (tertiary/aromatic N) is 2. The van der Waals surface area contributed by atoms with E-state index in [0.717, 1.165) is 12.0 Å². The van der Waals surface area contributed by atoms with Crippen LogP contribution in [0.1, 0.15) is 21.7 Å². The molecule has 0 radical (unpaired) electrons. The normalized spacial score (nSPS) is 10.3. The number of hydrogen-bond donors (Lipinski definition) is 3. The van der Waals surface area contributed by atoms with Crippen LogP contribution in [0.15, 0.2) is 24.5 Å². The lowest BCUT2D eigenvalue weighted by atomic mass is 10.2. The maximum atomic E-state index is 11.8. The minimum absolute atomic E-state index is 0.249. The third-order valence-corrected chi connectivity index (χ3v) is 2.63. The number of nitrogen functional groups attached to an aromatic ring is 1. The molecule has 2 rings (SSSR count). The summed E-state index contributed by atoms with van der Waals surface area (Å²) in [6.45, 7) is 2.30. The van der Waals surface area contributed by atoms with Crippen LogP contribution < -0.4 is 11.1 Å². The molecule has 94 valence electrons. The van der Waals surface area contributed by atoms with Crippen molar-refractivity contribution >= 4 is 11.6 Å². The van der Waals surface area contributed by atoms with Crippen LogP contribution in [0.3, 0.4) is 0 Å². The molecule has 2 aromatic heterocycles. The van der Waals surface area contributed by atoms with Gasteiger partial charge in [0.1, 0.15) is 0 Å². The molecule has 0 spiro atoms. The Labute approximate surface area is 105 Å². The second-order valence-electron chi connectivity index (χ2n) is 3.98. The molecule has 0 saturated heterocycles. The summed E-state index contributed by atoms with van der Waals surface area (Å²) >= 11 is 0. The summed E-state index contributed by atoms with van der Waals surface area (Å²) in [5.41, 5.74) is 8.14. The quantitative estimate of drug-likeness (QED) is 0.737. The van der Waals surface area contributed by atoms with E-state index in [-0.39, 0.29) is 11.6 Å². The molecule has 1 amide bonds. The molecule has 0 aliphatic carbocycles. The van der Waals surface area contributed by atoms with Crippen molar-refractivity contribution in [3.05, 3.63) is 41.5 Å². The minimum atomic E-state index is -0.263. The van der Waals surface area contributed by atoms with Crippen molar-refractivity contribution < 1.29 is 4.79 Å². The first-order chi connectivity index (χ1) is 8.68. The molecule has 0 atom stereocenters. The van der Waals surface area contributed by atoms with Gasteiger partial charge in [-0.15, -0.1) is 0 Å². The number of amides is 1. The maximum Gasteiger partial charge on any atom is 0.273 e. The average molecular weight is 245 g/mol. The predicted octanol–water partition coefficient (Wildman–Crippen LogP) is 0.668. The summed E-state index contributed by atoms with van der Waals surface area (Å²) in [7, 11) is 0. The maximum absolute atomic E-state index is 11.8. The number of H-pyrrole nitrogens is 1. The molecule has 2 heterocycles. The molecule has 0 aliphatic rings. The number of anilines is 1. The van der Waals surface area contributed by atoms with E-state index in [0.29, 0.717) is 17.9 Å². The number of nitrogens with two attached hydrogens (primary N) is 1. The molecule has 2 aromatic rings. The summed E-state index contributed by atoms with van der Waals surface area (Å²) in [5, 5.41) is 9.32. The number of carbonyl (C=O) groups excluding carboxylic acids is 1. The number of aryl methyl sites for hydroxylation is 1. The van der Waals surface area contributed by atoms with E-state index >= 15 is 0 Å². The van der Waals surface area contributed by atoms with Crippen LogP contribution in [-0.2, 0) is 6.42 Å². The molecule has 6 heteroatoms. The van der Waals surface area contributed by atoms with E-state index in [1.165, 1.54) is 0 Å². The van der Waals surface area contributed by atoms with Gasteiger partial charge in [0.25, 0.3) is 5.91 Å². The Bertz CT molecular complexity index is 535. The van der Waals surface area contributed by atoms with Crippen molar-refractivity contribution in [3.8, 4) is 0 Å². The molecule has 0 fully saturated rings. The zero-order valence-corrected chi connectivity index (χ0v) is 10.1. The van der Waals surface area contributed by atoms with Crippen molar-refractivity contribution in [2.75, 3.05) is 12.3 Å². The van der Waals surface area contributed by atoms with Gasteiger partial charge in [-0.25, -0.2) is 0 Å². The first-order valence-electron chi connectivity index (χ1n) is 5.66. The van der Waals surface area contributed by atoms with Gasteiger partial charge in [0.05, 0.1) is 11.4 Å². The number of rotatable bonds is 4. The van der Waals surface area contributed by atoms with Crippen LogP contribution in [0.4, 0.5) is 5.69 Å². The van der Waals surface area contributed by atoms with Gasteiger partial charge in [0.15, 0.2) is 5.69 Å². The Kier molecular flexibility index (Phi) is 3.57. The van der Waals surface area contributed by atoms with Crippen LogP contribution in [0.5, 0.6) is 0 Å². The number of aromatic amines is 1. The van der Waals surface area contributed by atoms with Gasteiger partial charge in [0, 0.05) is 18.9 Å². The molecule has 0 saturated carbocycles. The zero-order valence-electron chi connectivity index (χ0n) is 10.1. The van der Waals surface area contributed by atoms with Crippen LogP contribution in [0.2, 0.25) is 0 Å². The van der Waals surface area contributed by atoms with Crippen LogP contribution in [-0.4, -0.2) is 27.6 Å². The SMILES string of the molecule is Cc1[nH]nc(C(=O)NCCc2cccnc2)c1N. The fourth-order valence-corrected chi connectivity index (χ4v) is 1.56. The molecular formula is C12H15N5O. The number of carbonyl (C=O) groups is 1. The molecule has 6 nitrogen and oxygen atoms in total. The topological polar surface area (TPSA) is 96.7 Å². The fourth-order valence-electron chi connectivity index (χ4n) is 1.56. The molecule has 0 aromatic carbocycles. The highest BCUT2D eigenvalue weighted by atomic mass is 16.1. The minimum Gasteiger partial charge on any atom is -0.395 e. The monoisotopic (exact) mass is 245 g/mol. The second kappa shape index (κ2) is 5.31. The van der Waals surface area contributed by atoms with E-state index in [2.05, 4.69) is 20.5 Å². The predicted molar refractivity (Wildman–Crippen MR) is 68.0 cm³/mol. The number of nitrogens with one attached hydrogen (secondary N) is 2. The Hall–Kier alpha value is -2.37. The Morgan fingerprint density at radius 3 is 3.00 bits per heavy atom. The third kappa shape index (κ3) is 2.65. The number of aromatic nitrogens is 3. The zero-order chi connectivity index (χ0) is 13.0. The smallest absolute Gasteiger partial charge is 0.273 e. The highest BCUT2D eigenvalue weighted by Crippen LogP contribution is 2.11. The Morgan fingerprint density at radius 2 is 2.39 bits per heavy atom. The standard InChI is InChI=1S/C12H15N5O/c1-8-10(13)11(17-16-8)12(18)15-6-4-9-3-2-5-14-7-9/h2-3,5,7H,4,6,13H2,1H3,(H,15,18)(H,16,17). The van der Waals surface area contributed by atoms with Crippen molar-refractivity contribution in [1.29, 1.82) is 0 Å². The molecule has 4 N–H and O–H groups in total. The second-order valence-corrected chi connectivity index (χ2v) is 3.98. The first kappa shape index (κ1) is 12.1. The van der Waals surface area contributed by atoms with E-state index in [1.54, 1.807) is 19.3 Å². The number of pyridine rings is 1. The highest BCUT2D eigenvalue weighted by Gasteiger charge is 2.14. The van der Waals surface area contributed by atoms with Crippen molar-refractivity contribution in [1.82, 2.24) is 20.5 Å². The molecule has 0 bridgehead atoms. The Morgan fingerprint density at radius 1 is 1.56 bits per heavy atom. The van der Waals surface area contributed by atoms with Crippen LogP contribution in [0, 0.1) is 6.92 Å². The van der Waals surface area contributed by atoms with Crippen molar-refractivity contribution in [3.63, 3.8) is 0 Å². The van der Waals surface area contributed by atoms with Crippen molar-refractivity contribution in [2.45, 2.75) is 13.3 Å². The van der Waals surface area contributed by atoms with Gasteiger partial charge in [-0.1, -0.05) is 6.07 Å². The van der Waals surface area contributed by atoms with Gasteiger partial charge < -0.3 is 11.1 Å². The van der Waals surface area contributed by atoms with Gasteiger partial charge in [0.2, 0.25) is 0 Å². The van der Waals surface area contributed by atoms with Gasteiger partial charge in [-0.3, -0.25) is 14.9 Å². The Balaban J connectivity index is 1.88. The highest BCUT2D eigenvalue weighted by molar-refractivity contribution is 5.97. The summed E-state index contributed by atoms with van der Waals surface area (Å²) in [4.78, 5) is 15.8. The van der Waals surface area contributed by atoms with E-state index in [1.807, 2.05) is 12.1 Å². The summed E-state index contributed by atoms with van der Waals surface area (Å²) in [6.07, 6.45) is 4.22. The fraction of sp³-hybridized carbons (Fsp3) is 0.250. The molecular weight excluding hydrogens is 230 g/mol. The lowest BCUT2D eigenvalue weighted by Crippen LogP contribution is -2.26. The van der Waals surface area contributed by atoms with E-state index < -0.39 is 0 Å². The first-order valence-corrected chi connectivity index (χ1v) is 5.66.